The number of fused-ring (bicyclic) bond motifs is 2. The highest BCUT2D eigenvalue weighted by molar-refractivity contribution is 5.79. The number of benzene rings is 1. The Morgan fingerprint density at radius 2 is 2.14 bits per heavy atom. The minimum Gasteiger partial charge on any atom is -0.486 e. The molecular formula is C21H24N4O3. The number of hydrogen-bond donors (Lipinski definition) is 1. The lowest BCUT2D eigenvalue weighted by Crippen LogP contribution is -2.37. The molecule has 28 heavy (non-hydrogen) atoms. The molecule has 7 nitrogen and oxygen atoms in total. The number of amides is 1. The van der Waals surface area contributed by atoms with Gasteiger partial charge in [-0.3, -0.25) is 4.79 Å². The molecule has 1 saturated heterocycles. The Bertz CT molecular complexity index is 895. The Labute approximate surface area is 164 Å². The predicted octanol–water partition coefficient (Wildman–Crippen LogP) is 1.45. The lowest BCUT2D eigenvalue weighted by molar-refractivity contribution is -0.131. The average Bonchev–Trinajstić information content (AvgIpc) is 3.28. The van der Waals surface area contributed by atoms with Gasteiger partial charge in [-0.2, -0.15) is 0 Å². The first-order valence-electron chi connectivity index (χ1n) is 9.98. The van der Waals surface area contributed by atoms with Crippen molar-refractivity contribution in [3.63, 3.8) is 0 Å². The Morgan fingerprint density at radius 3 is 3.00 bits per heavy atom. The van der Waals surface area contributed by atoms with Gasteiger partial charge >= 0.3 is 0 Å². The number of aromatic nitrogens is 2. The zero-order chi connectivity index (χ0) is 18.9. The van der Waals surface area contributed by atoms with Crippen LogP contribution in [0.5, 0.6) is 11.5 Å². The van der Waals surface area contributed by atoms with Crippen LogP contribution < -0.4 is 14.8 Å². The fourth-order valence-corrected chi connectivity index (χ4v) is 4.10. The first-order chi connectivity index (χ1) is 13.8. The van der Waals surface area contributed by atoms with Gasteiger partial charge < -0.3 is 19.7 Å². The van der Waals surface area contributed by atoms with Crippen LogP contribution in [0.3, 0.4) is 0 Å². The van der Waals surface area contributed by atoms with E-state index in [2.05, 4.69) is 10.3 Å². The number of nitrogens with zero attached hydrogens (tertiary/aromatic N) is 3. The predicted molar refractivity (Wildman–Crippen MR) is 103 cm³/mol. The smallest absolute Gasteiger partial charge is 0.227 e. The normalized spacial score (nSPS) is 20.7. The summed E-state index contributed by atoms with van der Waals surface area (Å²) in [5.74, 6) is 2.95. The quantitative estimate of drug-likeness (QED) is 0.869. The van der Waals surface area contributed by atoms with Crippen LogP contribution in [0.2, 0.25) is 0 Å². The molecule has 0 bridgehead atoms. The fraction of sp³-hybridized carbons (Fsp3) is 0.476. The van der Waals surface area contributed by atoms with Gasteiger partial charge in [0.05, 0.1) is 12.1 Å². The van der Waals surface area contributed by atoms with Crippen molar-refractivity contribution in [2.75, 3.05) is 32.8 Å². The lowest BCUT2D eigenvalue weighted by atomic mass is 10.0. The van der Waals surface area contributed by atoms with Crippen molar-refractivity contribution in [3.8, 4) is 11.5 Å². The van der Waals surface area contributed by atoms with Crippen molar-refractivity contribution in [2.24, 2.45) is 0 Å². The van der Waals surface area contributed by atoms with Gasteiger partial charge in [-0.15, -0.1) is 0 Å². The summed E-state index contributed by atoms with van der Waals surface area (Å²) >= 11 is 0. The van der Waals surface area contributed by atoms with Gasteiger partial charge in [-0.05, 0) is 30.7 Å². The summed E-state index contributed by atoms with van der Waals surface area (Å²) in [4.78, 5) is 24.1. The van der Waals surface area contributed by atoms with E-state index in [1.165, 1.54) is 0 Å². The fourth-order valence-electron chi connectivity index (χ4n) is 4.10. The lowest BCUT2D eigenvalue weighted by Gasteiger charge is -2.28. The minimum atomic E-state index is 0.117. The molecule has 1 aromatic carbocycles. The van der Waals surface area contributed by atoms with Crippen LogP contribution in [0.25, 0.3) is 0 Å². The van der Waals surface area contributed by atoms with Crippen LogP contribution >= 0.6 is 0 Å². The van der Waals surface area contributed by atoms with Crippen molar-refractivity contribution < 1.29 is 14.3 Å². The Balaban J connectivity index is 1.26. The molecule has 1 aromatic heterocycles. The van der Waals surface area contributed by atoms with Crippen LogP contribution in [0.15, 0.2) is 24.4 Å². The van der Waals surface area contributed by atoms with Crippen LogP contribution in [-0.2, 0) is 24.2 Å². The molecule has 0 aliphatic carbocycles. The SMILES string of the molecule is O=C(Cc1ccc2c(c1)OCCO2)N1CCc2nc([C@H]3CCNC3)ncc2C1. The number of hydrogen-bond acceptors (Lipinski definition) is 6. The number of carbonyl (C=O) groups excluding carboxylic acids is 1. The summed E-state index contributed by atoms with van der Waals surface area (Å²) in [7, 11) is 0. The van der Waals surface area contributed by atoms with Gasteiger partial charge in [0.1, 0.15) is 19.0 Å². The van der Waals surface area contributed by atoms with Crippen LogP contribution in [-0.4, -0.2) is 53.6 Å². The largest absolute Gasteiger partial charge is 0.486 e. The van der Waals surface area contributed by atoms with Gasteiger partial charge in [0.15, 0.2) is 11.5 Å². The van der Waals surface area contributed by atoms with E-state index in [0.29, 0.717) is 38.6 Å². The van der Waals surface area contributed by atoms with Gasteiger partial charge in [0, 0.05) is 43.7 Å². The third kappa shape index (κ3) is 3.42. The van der Waals surface area contributed by atoms with E-state index in [1.807, 2.05) is 29.3 Å². The maximum Gasteiger partial charge on any atom is 0.227 e. The maximum absolute atomic E-state index is 12.8. The highest BCUT2D eigenvalue weighted by atomic mass is 16.6. The molecule has 1 fully saturated rings. The second-order valence-corrected chi connectivity index (χ2v) is 7.61. The molecule has 0 radical (unpaired) electrons. The van der Waals surface area contributed by atoms with Gasteiger partial charge in [0.2, 0.25) is 5.91 Å². The molecule has 2 aromatic rings. The molecule has 1 N–H and O–H groups in total. The highest BCUT2D eigenvalue weighted by Gasteiger charge is 2.25. The van der Waals surface area contributed by atoms with E-state index in [4.69, 9.17) is 14.5 Å². The summed E-state index contributed by atoms with van der Waals surface area (Å²) < 4.78 is 11.2. The molecule has 1 amide bonds. The molecule has 3 aliphatic heterocycles. The molecule has 1 atom stereocenters. The Morgan fingerprint density at radius 1 is 1.25 bits per heavy atom. The van der Waals surface area contributed by atoms with Gasteiger partial charge in [-0.1, -0.05) is 6.07 Å². The van der Waals surface area contributed by atoms with E-state index in [9.17, 15) is 4.79 Å². The first kappa shape index (κ1) is 17.4. The van der Waals surface area contributed by atoms with E-state index >= 15 is 0 Å². The molecular weight excluding hydrogens is 356 g/mol. The molecule has 7 heteroatoms. The third-order valence-electron chi connectivity index (χ3n) is 5.69. The number of nitrogens with one attached hydrogen (secondary N) is 1. The third-order valence-corrected chi connectivity index (χ3v) is 5.69. The van der Waals surface area contributed by atoms with E-state index in [1.54, 1.807) is 0 Å². The van der Waals surface area contributed by atoms with E-state index < -0.39 is 0 Å². The summed E-state index contributed by atoms with van der Waals surface area (Å²) in [6.45, 7) is 4.40. The first-order valence-corrected chi connectivity index (χ1v) is 9.98. The molecule has 0 unspecified atom stereocenters. The molecule has 0 spiro atoms. The topological polar surface area (TPSA) is 76.6 Å². The maximum atomic E-state index is 12.8. The van der Waals surface area contributed by atoms with Crippen molar-refractivity contribution in [1.29, 1.82) is 0 Å². The van der Waals surface area contributed by atoms with Crippen molar-refractivity contribution in [2.45, 2.75) is 31.7 Å². The Hall–Kier alpha value is -2.67. The molecule has 0 saturated carbocycles. The molecule has 4 heterocycles. The van der Waals surface area contributed by atoms with Crippen molar-refractivity contribution in [3.05, 3.63) is 47.0 Å². The summed E-state index contributed by atoms with van der Waals surface area (Å²) in [6, 6.07) is 5.74. The second-order valence-electron chi connectivity index (χ2n) is 7.61. The number of ether oxygens (including phenoxy) is 2. The van der Waals surface area contributed by atoms with E-state index in [0.717, 1.165) is 60.1 Å². The monoisotopic (exact) mass is 380 g/mol. The summed E-state index contributed by atoms with van der Waals surface area (Å²) in [6.07, 6.45) is 4.16. The average molecular weight is 380 g/mol. The van der Waals surface area contributed by atoms with Gasteiger partial charge in [0.25, 0.3) is 0 Å². The minimum absolute atomic E-state index is 0.117. The zero-order valence-electron chi connectivity index (χ0n) is 15.8. The number of carbonyl (C=O) groups is 1. The number of rotatable bonds is 3. The van der Waals surface area contributed by atoms with Crippen molar-refractivity contribution in [1.82, 2.24) is 20.2 Å². The van der Waals surface area contributed by atoms with Crippen LogP contribution in [0.4, 0.5) is 0 Å². The Kier molecular flexibility index (Phi) is 4.60. The van der Waals surface area contributed by atoms with Gasteiger partial charge in [-0.25, -0.2) is 9.97 Å². The molecule has 146 valence electrons. The van der Waals surface area contributed by atoms with Crippen LogP contribution in [0.1, 0.15) is 35.0 Å². The standard InChI is InChI=1S/C21H24N4O3/c26-20(10-14-1-2-18-19(9-14)28-8-7-27-18)25-6-4-17-16(13-25)12-23-21(24-17)15-3-5-22-11-15/h1-2,9,12,15,22H,3-8,10-11,13H2/t15-/m0/s1. The summed E-state index contributed by atoms with van der Waals surface area (Å²) in [5.41, 5.74) is 3.11. The van der Waals surface area contributed by atoms with Crippen LogP contribution in [0, 0.1) is 0 Å². The van der Waals surface area contributed by atoms with Crippen molar-refractivity contribution >= 4 is 5.91 Å². The highest BCUT2D eigenvalue weighted by Crippen LogP contribution is 2.31. The molecule has 5 rings (SSSR count). The second kappa shape index (κ2) is 7.39. The summed E-state index contributed by atoms with van der Waals surface area (Å²) in [5, 5.41) is 3.37. The molecule has 3 aliphatic rings. The van der Waals surface area contributed by atoms with E-state index in [-0.39, 0.29) is 5.91 Å². The zero-order valence-corrected chi connectivity index (χ0v) is 15.8.